The van der Waals surface area contributed by atoms with Gasteiger partial charge >= 0.3 is 0 Å². The number of carbonyl (C=O) groups is 1. The van der Waals surface area contributed by atoms with Crippen LogP contribution in [0.2, 0.25) is 0 Å². The van der Waals surface area contributed by atoms with Crippen molar-refractivity contribution in [2.45, 2.75) is 44.2 Å². The molecule has 2 fully saturated rings. The van der Waals surface area contributed by atoms with Crippen molar-refractivity contribution in [2.24, 2.45) is 13.0 Å². The number of carbonyl (C=O) groups excluding carboxylic acids is 1. The minimum Gasteiger partial charge on any atom is -0.311 e. The predicted molar refractivity (Wildman–Crippen MR) is 66.9 cm³/mol. The fraction of sp³-hybridized carbons (Fsp3) is 0.750. The van der Waals surface area contributed by atoms with Gasteiger partial charge in [-0.05, 0) is 31.6 Å². The van der Waals surface area contributed by atoms with Crippen molar-refractivity contribution in [1.29, 1.82) is 0 Å². The van der Waals surface area contributed by atoms with Gasteiger partial charge in [-0.1, -0.05) is 0 Å². The first-order valence-electron chi connectivity index (χ1n) is 6.60. The normalized spacial score (nSPS) is 30.4. The molecule has 1 aromatic heterocycles. The molecule has 0 aromatic carbocycles. The molecule has 2 N–H and O–H groups in total. The smallest absolute Gasteiger partial charge is 0.227 e. The van der Waals surface area contributed by atoms with Crippen LogP contribution in [0.15, 0.2) is 6.33 Å². The molecule has 3 heterocycles. The number of nitrogens with zero attached hydrogens (tertiary/aromatic N) is 3. The minimum atomic E-state index is 0.0531. The summed E-state index contributed by atoms with van der Waals surface area (Å²) in [7, 11) is 1.77. The van der Waals surface area contributed by atoms with Gasteiger partial charge in [0, 0.05) is 25.6 Å². The van der Waals surface area contributed by atoms with E-state index in [1.807, 2.05) is 0 Å². The van der Waals surface area contributed by atoms with E-state index in [0.29, 0.717) is 30.4 Å². The van der Waals surface area contributed by atoms with Gasteiger partial charge in [-0.15, -0.1) is 0 Å². The molecule has 2 bridgehead atoms. The monoisotopic (exact) mass is 249 g/mol. The van der Waals surface area contributed by atoms with Gasteiger partial charge in [0.25, 0.3) is 0 Å². The van der Waals surface area contributed by atoms with E-state index in [1.165, 1.54) is 19.2 Å². The maximum atomic E-state index is 12.0. The second-order valence-corrected chi connectivity index (χ2v) is 5.43. The quantitative estimate of drug-likeness (QED) is 0.826. The van der Waals surface area contributed by atoms with Crippen molar-refractivity contribution >= 4 is 11.9 Å². The highest BCUT2D eigenvalue weighted by Crippen LogP contribution is 2.32. The molecule has 2 unspecified atom stereocenters. The number of anilines is 1. The van der Waals surface area contributed by atoms with Crippen LogP contribution in [-0.2, 0) is 11.8 Å². The molecule has 98 valence electrons. The molecule has 1 amide bonds. The van der Waals surface area contributed by atoms with E-state index in [4.69, 9.17) is 0 Å². The number of hydrogen-bond donors (Lipinski definition) is 2. The third kappa shape index (κ3) is 2.38. The van der Waals surface area contributed by atoms with Crippen LogP contribution in [0.25, 0.3) is 0 Å². The number of hydrogen-bond acceptors (Lipinski definition) is 4. The van der Waals surface area contributed by atoms with Crippen LogP contribution in [0.3, 0.4) is 0 Å². The fourth-order valence-corrected chi connectivity index (χ4v) is 3.19. The van der Waals surface area contributed by atoms with E-state index in [1.54, 1.807) is 11.7 Å². The third-order valence-electron chi connectivity index (χ3n) is 4.01. The van der Waals surface area contributed by atoms with E-state index in [9.17, 15) is 4.79 Å². The molecule has 0 spiro atoms. The van der Waals surface area contributed by atoms with E-state index >= 15 is 0 Å². The van der Waals surface area contributed by atoms with Gasteiger partial charge in [-0.2, -0.15) is 10.1 Å². The van der Waals surface area contributed by atoms with E-state index in [2.05, 4.69) is 20.7 Å². The van der Waals surface area contributed by atoms with Gasteiger partial charge in [-0.3, -0.25) is 10.1 Å². The van der Waals surface area contributed by atoms with E-state index < -0.39 is 0 Å². The molecule has 0 saturated carbocycles. The lowest BCUT2D eigenvalue weighted by molar-refractivity contribution is -0.117. The highest BCUT2D eigenvalue weighted by Gasteiger charge is 2.34. The summed E-state index contributed by atoms with van der Waals surface area (Å²) in [5.74, 6) is 1.09. The van der Waals surface area contributed by atoms with Gasteiger partial charge in [0.15, 0.2) is 0 Å². The number of amides is 1. The van der Waals surface area contributed by atoms with Crippen LogP contribution in [0, 0.1) is 5.92 Å². The Hall–Kier alpha value is -1.43. The Morgan fingerprint density at radius 2 is 2.22 bits per heavy atom. The third-order valence-corrected chi connectivity index (χ3v) is 4.01. The number of aryl methyl sites for hydroxylation is 1. The lowest BCUT2D eigenvalue weighted by atomic mass is 9.89. The average Bonchev–Trinajstić information content (AvgIpc) is 2.86. The number of rotatable bonds is 3. The first-order chi connectivity index (χ1) is 8.70. The van der Waals surface area contributed by atoms with E-state index in [0.717, 1.165) is 12.8 Å². The van der Waals surface area contributed by atoms with Crippen molar-refractivity contribution < 1.29 is 4.79 Å². The summed E-state index contributed by atoms with van der Waals surface area (Å²) < 4.78 is 1.57. The summed E-state index contributed by atoms with van der Waals surface area (Å²) in [4.78, 5) is 16.0. The predicted octanol–water partition coefficient (Wildman–Crippen LogP) is 0.674. The van der Waals surface area contributed by atoms with Crippen LogP contribution in [-0.4, -0.2) is 32.8 Å². The summed E-state index contributed by atoms with van der Waals surface area (Å²) in [5, 5.41) is 10.3. The Morgan fingerprint density at radius 1 is 1.50 bits per heavy atom. The highest BCUT2D eigenvalue weighted by molar-refractivity contribution is 5.89. The molecular weight excluding hydrogens is 230 g/mol. The second-order valence-electron chi connectivity index (χ2n) is 5.43. The largest absolute Gasteiger partial charge is 0.311 e. The van der Waals surface area contributed by atoms with Crippen molar-refractivity contribution in [3.05, 3.63) is 6.33 Å². The summed E-state index contributed by atoms with van der Waals surface area (Å²) in [6, 6.07) is 1.27. The Balaban J connectivity index is 1.54. The Kier molecular flexibility index (Phi) is 3.03. The topological polar surface area (TPSA) is 71.8 Å². The molecule has 2 aliphatic heterocycles. The Labute approximate surface area is 106 Å². The SMILES string of the molecule is Cn1ncnc1NC(=O)CC1CC2CCC(C1)N2. The summed E-state index contributed by atoms with van der Waals surface area (Å²) in [6.07, 6.45) is 6.84. The maximum absolute atomic E-state index is 12.0. The summed E-state index contributed by atoms with van der Waals surface area (Å²) in [5.41, 5.74) is 0. The van der Waals surface area contributed by atoms with Crippen LogP contribution in [0.4, 0.5) is 5.95 Å². The van der Waals surface area contributed by atoms with Crippen LogP contribution >= 0.6 is 0 Å². The molecule has 2 saturated heterocycles. The summed E-state index contributed by atoms with van der Waals surface area (Å²) in [6.45, 7) is 0. The fourth-order valence-electron chi connectivity index (χ4n) is 3.19. The number of nitrogens with one attached hydrogen (secondary N) is 2. The van der Waals surface area contributed by atoms with Crippen LogP contribution in [0.1, 0.15) is 32.1 Å². The molecule has 0 radical (unpaired) electrons. The zero-order valence-electron chi connectivity index (χ0n) is 10.6. The molecule has 3 rings (SSSR count). The number of fused-ring (bicyclic) bond motifs is 2. The zero-order chi connectivity index (χ0) is 12.5. The Bertz CT molecular complexity index is 431. The Morgan fingerprint density at radius 3 is 2.83 bits per heavy atom. The zero-order valence-corrected chi connectivity index (χ0v) is 10.6. The van der Waals surface area contributed by atoms with E-state index in [-0.39, 0.29) is 5.91 Å². The first kappa shape index (κ1) is 11.6. The summed E-state index contributed by atoms with van der Waals surface area (Å²) >= 11 is 0. The molecular formula is C12H19N5O. The molecule has 6 heteroatoms. The van der Waals surface area contributed by atoms with Gasteiger partial charge in [0.1, 0.15) is 6.33 Å². The van der Waals surface area contributed by atoms with Gasteiger partial charge < -0.3 is 5.32 Å². The molecule has 6 nitrogen and oxygen atoms in total. The van der Waals surface area contributed by atoms with Crippen LogP contribution in [0.5, 0.6) is 0 Å². The van der Waals surface area contributed by atoms with Gasteiger partial charge in [-0.25, -0.2) is 4.68 Å². The second kappa shape index (κ2) is 4.68. The van der Waals surface area contributed by atoms with Crippen molar-refractivity contribution in [2.75, 3.05) is 5.32 Å². The average molecular weight is 249 g/mol. The molecule has 0 aliphatic carbocycles. The molecule has 1 aromatic rings. The van der Waals surface area contributed by atoms with Gasteiger partial charge in [0.05, 0.1) is 0 Å². The van der Waals surface area contributed by atoms with Crippen LogP contribution < -0.4 is 10.6 Å². The molecule has 18 heavy (non-hydrogen) atoms. The lowest BCUT2D eigenvalue weighted by Gasteiger charge is -2.28. The van der Waals surface area contributed by atoms with Crippen molar-refractivity contribution in [3.8, 4) is 0 Å². The number of aromatic nitrogens is 3. The van der Waals surface area contributed by atoms with Gasteiger partial charge in [0.2, 0.25) is 11.9 Å². The minimum absolute atomic E-state index is 0.0531. The standard InChI is InChI=1S/C12H19N5O/c1-17-12(13-7-14-17)16-11(18)6-8-4-9-2-3-10(5-8)15-9/h7-10,15H,2-6H2,1H3,(H,13,14,16,18). The lowest BCUT2D eigenvalue weighted by Crippen LogP contribution is -2.39. The number of piperidine rings is 1. The maximum Gasteiger partial charge on any atom is 0.227 e. The van der Waals surface area contributed by atoms with Crippen molar-refractivity contribution in [1.82, 2.24) is 20.1 Å². The first-order valence-corrected chi connectivity index (χ1v) is 6.60. The molecule has 2 aliphatic rings. The molecule has 2 atom stereocenters. The van der Waals surface area contributed by atoms with Crippen molar-refractivity contribution in [3.63, 3.8) is 0 Å². The highest BCUT2D eigenvalue weighted by atomic mass is 16.1.